The van der Waals surface area contributed by atoms with Gasteiger partial charge in [0.2, 0.25) is 5.91 Å². The van der Waals surface area contributed by atoms with Crippen LogP contribution in [0.25, 0.3) is 0 Å². The van der Waals surface area contributed by atoms with E-state index in [1.54, 1.807) is 11.8 Å². The standard InChI is InChI=1S/C13H19NOS/c1-4-13(3,12(14)15)9-16-11-7-5-10(2)6-8-11/h5-8H,4,9H2,1-3H3,(H2,14,15). The van der Waals surface area contributed by atoms with Crippen LogP contribution >= 0.6 is 11.8 Å². The second kappa shape index (κ2) is 5.39. The summed E-state index contributed by atoms with van der Waals surface area (Å²) in [6, 6.07) is 8.32. The number of primary amides is 1. The van der Waals surface area contributed by atoms with Crippen molar-refractivity contribution in [2.45, 2.75) is 32.1 Å². The third-order valence-corrected chi connectivity index (χ3v) is 4.34. The van der Waals surface area contributed by atoms with Gasteiger partial charge in [0.25, 0.3) is 0 Å². The number of rotatable bonds is 5. The van der Waals surface area contributed by atoms with Gasteiger partial charge in [0, 0.05) is 10.6 Å². The van der Waals surface area contributed by atoms with Crippen molar-refractivity contribution in [3.8, 4) is 0 Å². The van der Waals surface area contributed by atoms with E-state index in [1.165, 1.54) is 10.5 Å². The second-order valence-electron chi connectivity index (χ2n) is 4.38. The minimum atomic E-state index is -0.407. The number of hydrogen-bond acceptors (Lipinski definition) is 2. The molecule has 0 radical (unpaired) electrons. The average Bonchev–Trinajstić information content (AvgIpc) is 2.27. The van der Waals surface area contributed by atoms with Crippen LogP contribution < -0.4 is 5.73 Å². The van der Waals surface area contributed by atoms with Gasteiger partial charge in [0.15, 0.2) is 0 Å². The van der Waals surface area contributed by atoms with Crippen molar-refractivity contribution in [3.05, 3.63) is 29.8 Å². The molecule has 88 valence electrons. The maximum atomic E-state index is 11.3. The summed E-state index contributed by atoms with van der Waals surface area (Å²) >= 11 is 1.69. The van der Waals surface area contributed by atoms with Gasteiger partial charge in [-0.3, -0.25) is 4.79 Å². The molecule has 0 bridgehead atoms. The summed E-state index contributed by atoms with van der Waals surface area (Å²) in [5.41, 5.74) is 6.26. The van der Waals surface area contributed by atoms with E-state index in [-0.39, 0.29) is 5.91 Å². The maximum absolute atomic E-state index is 11.3. The van der Waals surface area contributed by atoms with E-state index in [9.17, 15) is 4.79 Å². The first-order valence-electron chi connectivity index (χ1n) is 5.47. The fourth-order valence-corrected chi connectivity index (χ4v) is 2.38. The molecule has 1 aromatic rings. The lowest BCUT2D eigenvalue weighted by atomic mass is 9.89. The summed E-state index contributed by atoms with van der Waals surface area (Å²) < 4.78 is 0. The molecule has 1 amide bonds. The van der Waals surface area contributed by atoms with E-state index in [2.05, 4.69) is 31.2 Å². The Labute approximate surface area is 102 Å². The normalized spacial score (nSPS) is 14.4. The first-order chi connectivity index (χ1) is 7.48. The molecule has 0 saturated heterocycles. The molecule has 1 atom stereocenters. The fraction of sp³-hybridized carbons (Fsp3) is 0.462. The lowest BCUT2D eigenvalue weighted by molar-refractivity contribution is -0.125. The zero-order chi connectivity index (χ0) is 12.2. The Kier molecular flexibility index (Phi) is 4.42. The number of carbonyl (C=O) groups is 1. The molecule has 1 aromatic carbocycles. The molecule has 1 unspecified atom stereocenters. The molecule has 0 fully saturated rings. The summed E-state index contributed by atoms with van der Waals surface area (Å²) in [5.74, 6) is 0.525. The van der Waals surface area contributed by atoms with Gasteiger partial charge in [-0.25, -0.2) is 0 Å². The Balaban J connectivity index is 2.63. The largest absolute Gasteiger partial charge is 0.369 e. The topological polar surface area (TPSA) is 43.1 Å². The quantitative estimate of drug-likeness (QED) is 0.800. The van der Waals surface area contributed by atoms with Gasteiger partial charge >= 0.3 is 0 Å². The fourth-order valence-electron chi connectivity index (χ4n) is 1.22. The van der Waals surface area contributed by atoms with Crippen LogP contribution in [-0.2, 0) is 4.79 Å². The lowest BCUT2D eigenvalue weighted by Crippen LogP contribution is -2.35. The first kappa shape index (κ1) is 13.1. The number of thioether (sulfide) groups is 1. The Bertz CT molecular complexity index is 361. The summed E-state index contributed by atoms with van der Waals surface area (Å²) in [4.78, 5) is 12.5. The summed E-state index contributed by atoms with van der Waals surface area (Å²) in [5, 5.41) is 0. The van der Waals surface area contributed by atoms with Crippen molar-refractivity contribution in [2.75, 3.05) is 5.75 Å². The average molecular weight is 237 g/mol. The van der Waals surface area contributed by atoms with Crippen LogP contribution in [0.2, 0.25) is 0 Å². The SMILES string of the molecule is CCC(C)(CSc1ccc(C)cc1)C(N)=O. The predicted molar refractivity (Wildman–Crippen MR) is 69.5 cm³/mol. The highest BCUT2D eigenvalue weighted by atomic mass is 32.2. The second-order valence-corrected chi connectivity index (χ2v) is 5.43. The molecule has 1 rings (SSSR count). The summed E-state index contributed by atoms with van der Waals surface area (Å²) in [6.07, 6.45) is 0.779. The number of nitrogens with two attached hydrogens (primary N) is 1. The number of amides is 1. The van der Waals surface area contributed by atoms with Crippen LogP contribution in [0.4, 0.5) is 0 Å². The van der Waals surface area contributed by atoms with Crippen LogP contribution in [-0.4, -0.2) is 11.7 Å². The first-order valence-corrected chi connectivity index (χ1v) is 6.46. The highest BCUT2D eigenvalue weighted by Gasteiger charge is 2.28. The number of aryl methyl sites for hydroxylation is 1. The monoisotopic (exact) mass is 237 g/mol. The molecule has 0 saturated carbocycles. The van der Waals surface area contributed by atoms with Gasteiger partial charge in [-0.05, 0) is 32.4 Å². The maximum Gasteiger partial charge on any atom is 0.224 e. The molecule has 2 nitrogen and oxygen atoms in total. The van der Waals surface area contributed by atoms with Crippen LogP contribution in [0.3, 0.4) is 0 Å². The van der Waals surface area contributed by atoms with Gasteiger partial charge in [-0.2, -0.15) is 0 Å². The molecule has 0 aliphatic carbocycles. The van der Waals surface area contributed by atoms with E-state index >= 15 is 0 Å². The smallest absolute Gasteiger partial charge is 0.224 e. The number of carbonyl (C=O) groups excluding carboxylic acids is 1. The minimum absolute atomic E-state index is 0.213. The van der Waals surface area contributed by atoms with Crippen LogP contribution in [0.1, 0.15) is 25.8 Å². The van der Waals surface area contributed by atoms with Gasteiger partial charge < -0.3 is 5.73 Å². The van der Waals surface area contributed by atoms with Gasteiger partial charge in [0.1, 0.15) is 0 Å². The van der Waals surface area contributed by atoms with Crippen molar-refractivity contribution in [2.24, 2.45) is 11.1 Å². The highest BCUT2D eigenvalue weighted by Crippen LogP contribution is 2.30. The Morgan fingerprint density at radius 2 is 1.94 bits per heavy atom. The van der Waals surface area contributed by atoms with Crippen molar-refractivity contribution >= 4 is 17.7 Å². The van der Waals surface area contributed by atoms with Crippen molar-refractivity contribution in [1.29, 1.82) is 0 Å². The molecule has 0 aliphatic heterocycles. The van der Waals surface area contributed by atoms with E-state index in [4.69, 9.17) is 5.73 Å². The van der Waals surface area contributed by atoms with Crippen molar-refractivity contribution < 1.29 is 4.79 Å². The third kappa shape index (κ3) is 3.27. The van der Waals surface area contributed by atoms with Crippen molar-refractivity contribution in [3.63, 3.8) is 0 Å². The summed E-state index contributed by atoms with van der Waals surface area (Å²) in [6.45, 7) is 5.99. The van der Waals surface area contributed by atoms with E-state index < -0.39 is 5.41 Å². The Hall–Kier alpha value is -0.960. The Morgan fingerprint density at radius 1 is 1.38 bits per heavy atom. The molecule has 0 aromatic heterocycles. The van der Waals surface area contributed by atoms with E-state index in [1.807, 2.05) is 13.8 Å². The van der Waals surface area contributed by atoms with Crippen LogP contribution in [0, 0.1) is 12.3 Å². The molecular weight excluding hydrogens is 218 g/mol. The van der Waals surface area contributed by atoms with Gasteiger partial charge in [0.05, 0.1) is 5.41 Å². The van der Waals surface area contributed by atoms with E-state index in [0.717, 1.165) is 12.2 Å². The van der Waals surface area contributed by atoms with Gasteiger partial charge in [-0.1, -0.05) is 24.6 Å². The molecule has 0 spiro atoms. The third-order valence-electron chi connectivity index (χ3n) is 2.95. The van der Waals surface area contributed by atoms with Gasteiger partial charge in [-0.15, -0.1) is 11.8 Å². The lowest BCUT2D eigenvalue weighted by Gasteiger charge is -2.23. The number of hydrogen-bond donors (Lipinski definition) is 1. The van der Waals surface area contributed by atoms with E-state index in [0.29, 0.717) is 0 Å². The van der Waals surface area contributed by atoms with Crippen LogP contribution in [0.5, 0.6) is 0 Å². The van der Waals surface area contributed by atoms with Crippen molar-refractivity contribution in [1.82, 2.24) is 0 Å². The van der Waals surface area contributed by atoms with Crippen LogP contribution in [0.15, 0.2) is 29.2 Å². The molecule has 3 heteroatoms. The molecule has 2 N–H and O–H groups in total. The highest BCUT2D eigenvalue weighted by molar-refractivity contribution is 7.99. The minimum Gasteiger partial charge on any atom is -0.369 e. The Morgan fingerprint density at radius 3 is 2.38 bits per heavy atom. The zero-order valence-electron chi connectivity index (χ0n) is 10.1. The molecule has 0 heterocycles. The predicted octanol–water partition coefficient (Wildman–Crippen LogP) is 2.99. The molecular formula is C13H19NOS. The molecule has 0 aliphatic rings. The number of benzene rings is 1. The summed E-state index contributed by atoms with van der Waals surface area (Å²) in [7, 11) is 0. The molecule has 16 heavy (non-hydrogen) atoms. The zero-order valence-corrected chi connectivity index (χ0v) is 10.9.